The number of ketones is 1. The van der Waals surface area contributed by atoms with Crippen LogP contribution in [0.2, 0.25) is 0 Å². The standard InChI is InChI=1S/C12H4BrF5OS/c13-6-2-1-4(20-6)3-5(19)7-8(14)10(16)12(18)11(17)9(7)15/h1-2H,3H2. The van der Waals surface area contributed by atoms with Crippen molar-refractivity contribution in [3.05, 3.63) is 55.4 Å². The predicted octanol–water partition coefficient (Wildman–Crippen LogP) is 4.63. The minimum Gasteiger partial charge on any atom is -0.294 e. The Balaban J connectivity index is 2.45. The van der Waals surface area contributed by atoms with E-state index in [1.165, 1.54) is 6.07 Å². The van der Waals surface area contributed by atoms with Crippen LogP contribution in [0.1, 0.15) is 15.2 Å². The minimum absolute atomic E-state index is 0.436. The number of benzene rings is 1. The van der Waals surface area contributed by atoms with Crippen LogP contribution in [0, 0.1) is 29.1 Å². The van der Waals surface area contributed by atoms with Gasteiger partial charge >= 0.3 is 0 Å². The molecule has 0 aliphatic rings. The summed E-state index contributed by atoms with van der Waals surface area (Å²) in [5.41, 5.74) is -1.41. The second-order valence-electron chi connectivity index (χ2n) is 3.75. The molecule has 1 nitrogen and oxygen atoms in total. The van der Waals surface area contributed by atoms with Gasteiger partial charge in [0.1, 0.15) is 0 Å². The Labute approximate surface area is 122 Å². The Morgan fingerprint density at radius 3 is 1.90 bits per heavy atom. The Morgan fingerprint density at radius 1 is 0.950 bits per heavy atom. The monoisotopic (exact) mass is 370 g/mol. The van der Waals surface area contributed by atoms with E-state index >= 15 is 0 Å². The number of carbonyl (C=O) groups excluding carboxylic acids is 1. The Bertz CT molecular complexity index is 668. The van der Waals surface area contributed by atoms with E-state index in [1.54, 1.807) is 6.07 Å². The highest BCUT2D eigenvalue weighted by Crippen LogP contribution is 2.27. The van der Waals surface area contributed by atoms with Gasteiger partial charge < -0.3 is 0 Å². The Kier molecular flexibility index (Phi) is 4.24. The first-order valence-electron chi connectivity index (χ1n) is 5.11. The highest BCUT2D eigenvalue weighted by molar-refractivity contribution is 9.11. The van der Waals surface area contributed by atoms with Crippen molar-refractivity contribution in [2.75, 3.05) is 0 Å². The van der Waals surface area contributed by atoms with Crippen LogP contribution in [0.4, 0.5) is 22.0 Å². The molecule has 0 unspecified atom stereocenters. The van der Waals surface area contributed by atoms with Crippen LogP contribution in [-0.2, 0) is 6.42 Å². The zero-order chi connectivity index (χ0) is 15.0. The number of hydrogen-bond acceptors (Lipinski definition) is 2. The Hall–Kier alpha value is -1.28. The van der Waals surface area contributed by atoms with Gasteiger partial charge in [-0.15, -0.1) is 11.3 Å². The van der Waals surface area contributed by atoms with Gasteiger partial charge in [-0.25, -0.2) is 22.0 Å². The fourth-order valence-electron chi connectivity index (χ4n) is 1.54. The summed E-state index contributed by atoms with van der Waals surface area (Å²) in [6.45, 7) is 0. The second kappa shape index (κ2) is 5.61. The van der Waals surface area contributed by atoms with E-state index in [0.717, 1.165) is 11.3 Å². The summed E-state index contributed by atoms with van der Waals surface area (Å²) in [6, 6.07) is 3.12. The molecule has 0 fully saturated rings. The van der Waals surface area contributed by atoms with Gasteiger partial charge in [-0.05, 0) is 28.1 Å². The smallest absolute Gasteiger partial charge is 0.200 e. The number of rotatable bonds is 3. The SMILES string of the molecule is O=C(Cc1ccc(Br)s1)c1c(F)c(F)c(F)c(F)c1F. The molecule has 2 aromatic rings. The second-order valence-corrected chi connectivity index (χ2v) is 6.30. The summed E-state index contributed by atoms with van der Waals surface area (Å²) < 4.78 is 66.3. The number of thiophene rings is 1. The van der Waals surface area contributed by atoms with Crippen molar-refractivity contribution in [2.45, 2.75) is 6.42 Å². The molecule has 0 bridgehead atoms. The van der Waals surface area contributed by atoms with Crippen molar-refractivity contribution < 1.29 is 26.7 Å². The predicted molar refractivity (Wildman–Crippen MR) is 66.3 cm³/mol. The Morgan fingerprint density at radius 2 is 1.45 bits per heavy atom. The first-order chi connectivity index (χ1) is 9.32. The normalized spacial score (nSPS) is 10.9. The molecule has 0 aliphatic carbocycles. The molecular formula is C12H4BrF5OS. The van der Waals surface area contributed by atoms with Gasteiger partial charge in [0.05, 0.1) is 9.35 Å². The first-order valence-corrected chi connectivity index (χ1v) is 6.72. The fraction of sp³-hybridized carbons (Fsp3) is 0.0833. The minimum atomic E-state index is -2.28. The van der Waals surface area contributed by atoms with Gasteiger partial charge in [-0.3, -0.25) is 4.79 Å². The van der Waals surface area contributed by atoms with Crippen molar-refractivity contribution >= 4 is 33.0 Å². The largest absolute Gasteiger partial charge is 0.294 e. The summed E-state index contributed by atoms with van der Waals surface area (Å²) in [7, 11) is 0. The molecule has 0 saturated carbocycles. The molecule has 1 aromatic heterocycles. The summed E-state index contributed by atoms with van der Waals surface area (Å²) >= 11 is 4.25. The van der Waals surface area contributed by atoms with Crippen molar-refractivity contribution in [1.29, 1.82) is 0 Å². The molecule has 0 atom stereocenters. The number of hydrogen-bond donors (Lipinski definition) is 0. The van der Waals surface area contributed by atoms with Crippen LogP contribution in [0.5, 0.6) is 0 Å². The molecule has 0 N–H and O–H groups in total. The maximum absolute atomic E-state index is 13.4. The third kappa shape index (κ3) is 2.62. The van der Waals surface area contributed by atoms with E-state index in [9.17, 15) is 26.7 Å². The van der Waals surface area contributed by atoms with Gasteiger partial charge in [0.15, 0.2) is 29.1 Å². The lowest BCUT2D eigenvalue weighted by molar-refractivity contribution is 0.0982. The number of carbonyl (C=O) groups is 1. The van der Waals surface area contributed by atoms with E-state index in [2.05, 4.69) is 15.9 Å². The maximum atomic E-state index is 13.4. The number of Topliss-reactive ketones (excluding diaryl/α,β-unsaturated/α-hetero) is 1. The van der Waals surface area contributed by atoms with Crippen molar-refractivity contribution in [3.8, 4) is 0 Å². The van der Waals surface area contributed by atoms with Gasteiger partial charge in [-0.2, -0.15) is 0 Å². The topological polar surface area (TPSA) is 17.1 Å². The molecule has 106 valence electrons. The summed E-state index contributed by atoms with van der Waals surface area (Å²) in [5, 5.41) is 0. The van der Waals surface area contributed by atoms with Crippen LogP contribution >= 0.6 is 27.3 Å². The van der Waals surface area contributed by atoms with Crippen molar-refractivity contribution in [3.63, 3.8) is 0 Å². The van der Waals surface area contributed by atoms with E-state index in [0.29, 0.717) is 8.66 Å². The van der Waals surface area contributed by atoms with Gasteiger partial charge in [0.2, 0.25) is 5.82 Å². The average Bonchev–Trinajstić information content (AvgIpc) is 2.79. The third-order valence-corrected chi connectivity index (χ3v) is 4.08. The summed E-state index contributed by atoms with van der Waals surface area (Å²) in [5.74, 6) is -11.9. The van der Waals surface area contributed by atoms with Crippen LogP contribution in [0.15, 0.2) is 15.9 Å². The molecule has 0 spiro atoms. The molecule has 0 saturated heterocycles. The summed E-state index contributed by atoms with van der Waals surface area (Å²) in [4.78, 5) is 12.2. The third-order valence-electron chi connectivity index (χ3n) is 2.45. The summed E-state index contributed by atoms with van der Waals surface area (Å²) in [6.07, 6.45) is -0.450. The molecule has 0 radical (unpaired) electrons. The highest BCUT2D eigenvalue weighted by Gasteiger charge is 2.29. The van der Waals surface area contributed by atoms with Gasteiger partial charge in [0, 0.05) is 11.3 Å². The quantitative estimate of drug-likeness (QED) is 0.333. The van der Waals surface area contributed by atoms with Crippen LogP contribution in [-0.4, -0.2) is 5.78 Å². The van der Waals surface area contributed by atoms with Gasteiger partial charge in [-0.1, -0.05) is 0 Å². The molecule has 0 amide bonds. The van der Waals surface area contributed by atoms with Gasteiger partial charge in [0.25, 0.3) is 0 Å². The zero-order valence-electron chi connectivity index (χ0n) is 9.45. The fourth-order valence-corrected chi connectivity index (χ4v) is 3.02. The van der Waals surface area contributed by atoms with E-state index in [4.69, 9.17) is 0 Å². The van der Waals surface area contributed by atoms with Crippen molar-refractivity contribution in [1.82, 2.24) is 0 Å². The lowest BCUT2D eigenvalue weighted by Crippen LogP contribution is -2.14. The van der Waals surface area contributed by atoms with Crippen LogP contribution in [0.25, 0.3) is 0 Å². The lowest BCUT2D eigenvalue weighted by atomic mass is 10.1. The molecule has 8 heteroatoms. The molecule has 2 rings (SSSR count). The maximum Gasteiger partial charge on any atom is 0.200 e. The van der Waals surface area contributed by atoms with E-state index < -0.39 is 46.9 Å². The molecule has 0 aliphatic heterocycles. The van der Waals surface area contributed by atoms with E-state index in [-0.39, 0.29) is 0 Å². The lowest BCUT2D eigenvalue weighted by Gasteiger charge is -2.06. The highest BCUT2D eigenvalue weighted by atomic mass is 79.9. The molecule has 1 aromatic carbocycles. The van der Waals surface area contributed by atoms with Crippen molar-refractivity contribution in [2.24, 2.45) is 0 Å². The number of halogens is 6. The van der Waals surface area contributed by atoms with E-state index in [1.807, 2.05) is 0 Å². The molecule has 20 heavy (non-hydrogen) atoms. The van der Waals surface area contributed by atoms with Crippen LogP contribution in [0.3, 0.4) is 0 Å². The average molecular weight is 371 g/mol. The zero-order valence-corrected chi connectivity index (χ0v) is 11.8. The first kappa shape index (κ1) is 15.1. The molecule has 1 heterocycles. The van der Waals surface area contributed by atoms with Crippen LogP contribution < -0.4 is 0 Å². The molecular weight excluding hydrogens is 367 g/mol.